The van der Waals surface area contributed by atoms with E-state index in [2.05, 4.69) is 4.72 Å². The predicted octanol–water partition coefficient (Wildman–Crippen LogP) is 2.67. The van der Waals surface area contributed by atoms with Gasteiger partial charge < -0.3 is 4.74 Å². The molecule has 0 heterocycles. The predicted molar refractivity (Wildman–Crippen MR) is 88.5 cm³/mol. The fourth-order valence-electron chi connectivity index (χ4n) is 2.10. The Labute approximate surface area is 132 Å². The first kappa shape index (κ1) is 16.5. The van der Waals surface area contributed by atoms with Crippen molar-refractivity contribution in [2.45, 2.75) is 19.1 Å². The maximum absolute atomic E-state index is 12.0. The molecule has 4 nitrogen and oxygen atoms in total. The average Bonchev–Trinajstić information content (AvgIpc) is 2.50. The second-order valence-electron chi connectivity index (χ2n) is 5.24. The molecule has 0 aliphatic heterocycles. The standard InChI is InChI=1S/C17H21NO3S/c1-14-3-5-16(6-4-14)13-22(19,20)18-12-11-15-7-9-17(21-2)10-8-15/h3-10,18H,11-13H2,1-2H3. The van der Waals surface area contributed by atoms with Crippen LogP contribution in [0.1, 0.15) is 16.7 Å². The number of nitrogens with one attached hydrogen (secondary N) is 1. The van der Waals surface area contributed by atoms with Crippen molar-refractivity contribution in [3.63, 3.8) is 0 Å². The van der Waals surface area contributed by atoms with Gasteiger partial charge in [0, 0.05) is 6.54 Å². The summed E-state index contributed by atoms with van der Waals surface area (Å²) in [5.41, 5.74) is 2.98. The number of ether oxygens (including phenoxy) is 1. The van der Waals surface area contributed by atoms with E-state index in [0.29, 0.717) is 13.0 Å². The van der Waals surface area contributed by atoms with E-state index < -0.39 is 10.0 Å². The highest BCUT2D eigenvalue weighted by atomic mass is 32.2. The van der Waals surface area contributed by atoms with Crippen LogP contribution in [0.25, 0.3) is 0 Å². The molecule has 0 fully saturated rings. The molecule has 118 valence electrons. The minimum absolute atomic E-state index is 0.00981. The lowest BCUT2D eigenvalue weighted by atomic mass is 10.1. The van der Waals surface area contributed by atoms with E-state index in [-0.39, 0.29) is 5.75 Å². The first-order valence-corrected chi connectivity index (χ1v) is 8.79. The Morgan fingerprint density at radius 1 is 0.955 bits per heavy atom. The normalized spacial score (nSPS) is 11.4. The zero-order valence-corrected chi connectivity index (χ0v) is 13.7. The van der Waals surface area contributed by atoms with Gasteiger partial charge in [0.15, 0.2) is 0 Å². The van der Waals surface area contributed by atoms with Gasteiger partial charge >= 0.3 is 0 Å². The maximum Gasteiger partial charge on any atom is 0.215 e. The lowest BCUT2D eigenvalue weighted by molar-refractivity contribution is 0.414. The average molecular weight is 319 g/mol. The Bertz CT molecular complexity index is 692. The van der Waals surface area contributed by atoms with E-state index in [0.717, 1.165) is 22.4 Å². The third-order valence-corrected chi connectivity index (χ3v) is 4.73. The van der Waals surface area contributed by atoms with Crippen LogP contribution in [-0.2, 0) is 22.2 Å². The summed E-state index contributed by atoms with van der Waals surface area (Å²) >= 11 is 0. The molecule has 0 unspecified atom stereocenters. The van der Waals surface area contributed by atoms with Crippen molar-refractivity contribution in [1.82, 2.24) is 4.72 Å². The van der Waals surface area contributed by atoms with Gasteiger partial charge in [-0.2, -0.15) is 0 Å². The maximum atomic E-state index is 12.0. The summed E-state index contributed by atoms with van der Waals surface area (Å²) in [5.74, 6) is 0.805. The molecule has 0 amide bonds. The molecule has 0 radical (unpaired) electrons. The Morgan fingerprint density at radius 2 is 1.55 bits per heavy atom. The molecule has 2 rings (SSSR count). The number of methoxy groups -OCH3 is 1. The highest BCUT2D eigenvalue weighted by molar-refractivity contribution is 7.88. The number of sulfonamides is 1. The number of benzene rings is 2. The Balaban J connectivity index is 1.85. The molecular formula is C17H21NO3S. The van der Waals surface area contributed by atoms with Crippen LogP contribution < -0.4 is 9.46 Å². The summed E-state index contributed by atoms with van der Waals surface area (Å²) < 4.78 is 31.8. The molecule has 0 atom stereocenters. The van der Waals surface area contributed by atoms with E-state index in [9.17, 15) is 8.42 Å². The molecule has 2 aromatic carbocycles. The smallest absolute Gasteiger partial charge is 0.215 e. The van der Waals surface area contributed by atoms with Crippen molar-refractivity contribution in [3.05, 3.63) is 65.2 Å². The molecule has 1 N–H and O–H groups in total. The molecule has 2 aromatic rings. The minimum atomic E-state index is -3.31. The van der Waals surface area contributed by atoms with Crippen LogP contribution in [0.5, 0.6) is 5.75 Å². The van der Waals surface area contributed by atoms with Crippen LogP contribution in [0, 0.1) is 6.92 Å². The summed E-state index contributed by atoms with van der Waals surface area (Å²) in [7, 11) is -1.69. The van der Waals surface area contributed by atoms with Crippen molar-refractivity contribution in [2.24, 2.45) is 0 Å². The lowest BCUT2D eigenvalue weighted by Gasteiger charge is -2.08. The number of hydrogen-bond acceptors (Lipinski definition) is 3. The van der Waals surface area contributed by atoms with Crippen LogP contribution in [0.2, 0.25) is 0 Å². The molecule has 0 spiro atoms. The summed E-state index contributed by atoms with van der Waals surface area (Å²) in [6.45, 7) is 2.37. The Kier molecular flexibility index (Phi) is 5.57. The van der Waals surface area contributed by atoms with Crippen LogP contribution in [0.4, 0.5) is 0 Å². The first-order valence-electron chi connectivity index (χ1n) is 7.14. The van der Waals surface area contributed by atoms with Gasteiger partial charge in [-0.05, 0) is 36.6 Å². The fraction of sp³-hybridized carbons (Fsp3) is 0.294. The summed E-state index contributed by atoms with van der Waals surface area (Å²) in [4.78, 5) is 0. The van der Waals surface area contributed by atoms with Gasteiger partial charge in [0.2, 0.25) is 10.0 Å². The zero-order chi connectivity index (χ0) is 16.0. The Morgan fingerprint density at radius 3 is 2.14 bits per heavy atom. The van der Waals surface area contributed by atoms with Gasteiger partial charge in [-0.3, -0.25) is 0 Å². The van der Waals surface area contributed by atoms with Gasteiger partial charge in [0.25, 0.3) is 0 Å². The van der Waals surface area contributed by atoms with E-state index in [1.54, 1.807) is 7.11 Å². The highest BCUT2D eigenvalue weighted by Gasteiger charge is 2.10. The van der Waals surface area contributed by atoms with E-state index in [4.69, 9.17) is 4.74 Å². The van der Waals surface area contributed by atoms with Gasteiger partial charge in [0.1, 0.15) is 5.75 Å². The van der Waals surface area contributed by atoms with Gasteiger partial charge in [-0.25, -0.2) is 13.1 Å². The monoisotopic (exact) mass is 319 g/mol. The van der Waals surface area contributed by atoms with E-state index in [1.165, 1.54) is 0 Å². The highest BCUT2D eigenvalue weighted by Crippen LogP contribution is 2.11. The van der Waals surface area contributed by atoms with Gasteiger partial charge in [-0.15, -0.1) is 0 Å². The van der Waals surface area contributed by atoms with E-state index in [1.807, 2.05) is 55.5 Å². The quantitative estimate of drug-likeness (QED) is 0.853. The van der Waals surface area contributed by atoms with Crippen LogP contribution in [0.15, 0.2) is 48.5 Å². The third-order valence-electron chi connectivity index (χ3n) is 3.37. The van der Waals surface area contributed by atoms with Gasteiger partial charge in [-0.1, -0.05) is 42.0 Å². The SMILES string of the molecule is COc1ccc(CCNS(=O)(=O)Cc2ccc(C)cc2)cc1. The molecule has 0 saturated carbocycles. The Hall–Kier alpha value is -1.85. The molecular weight excluding hydrogens is 298 g/mol. The summed E-state index contributed by atoms with van der Waals surface area (Å²) in [6.07, 6.45) is 0.650. The molecule has 0 aliphatic rings. The van der Waals surface area contributed by atoms with Crippen LogP contribution >= 0.6 is 0 Å². The molecule has 5 heteroatoms. The van der Waals surface area contributed by atoms with Crippen molar-refractivity contribution < 1.29 is 13.2 Å². The largest absolute Gasteiger partial charge is 0.497 e. The number of aryl methyl sites for hydroxylation is 1. The fourth-order valence-corrected chi connectivity index (χ4v) is 3.24. The number of rotatable bonds is 7. The molecule has 0 bridgehead atoms. The van der Waals surface area contributed by atoms with Crippen LogP contribution in [0.3, 0.4) is 0 Å². The molecule has 0 aliphatic carbocycles. The van der Waals surface area contributed by atoms with Gasteiger partial charge in [0.05, 0.1) is 12.9 Å². The summed E-state index contributed by atoms with van der Waals surface area (Å²) in [6, 6.07) is 15.1. The lowest BCUT2D eigenvalue weighted by Crippen LogP contribution is -2.27. The molecule has 0 saturated heterocycles. The van der Waals surface area contributed by atoms with Crippen molar-refractivity contribution >= 4 is 10.0 Å². The van der Waals surface area contributed by atoms with Crippen molar-refractivity contribution in [1.29, 1.82) is 0 Å². The third kappa shape index (κ3) is 5.16. The first-order chi connectivity index (χ1) is 10.5. The topological polar surface area (TPSA) is 55.4 Å². The molecule has 22 heavy (non-hydrogen) atoms. The second kappa shape index (κ2) is 7.42. The summed E-state index contributed by atoms with van der Waals surface area (Å²) in [5, 5.41) is 0. The minimum Gasteiger partial charge on any atom is -0.497 e. The number of hydrogen-bond donors (Lipinski definition) is 1. The van der Waals surface area contributed by atoms with Crippen LogP contribution in [-0.4, -0.2) is 22.1 Å². The van der Waals surface area contributed by atoms with Crippen molar-refractivity contribution in [3.8, 4) is 5.75 Å². The van der Waals surface area contributed by atoms with Crippen molar-refractivity contribution in [2.75, 3.05) is 13.7 Å². The molecule has 0 aromatic heterocycles. The van der Waals surface area contributed by atoms with E-state index >= 15 is 0 Å². The zero-order valence-electron chi connectivity index (χ0n) is 12.9. The second-order valence-corrected chi connectivity index (χ2v) is 7.04.